The van der Waals surface area contributed by atoms with E-state index >= 15 is 0 Å². The van der Waals surface area contributed by atoms with Crippen LogP contribution in [0.15, 0.2) is 35.2 Å². The van der Waals surface area contributed by atoms with Crippen molar-refractivity contribution in [3.63, 3.8) is 0 Å². The number of aryl methyl sites for hydroxylation is 1. The van der Waals surface area contributed by atoms with Gasteiger partial charge in [0.25, 0.3) is 0 Å². The Hall–Kier alpha value is -1.59. The largest absolute Gasteiger partial charge is 0.468 e. The molecule has 1 aliphatic rings. The summed E-state index contributed by atoms with van der Waals surface area (Å²) in [6.07, 6.45) is 8.16. The second kappa shape index (κ2) is 6.45. The van der Waals surface area contributed by atoms with E-state index in [1.54, 1.807) is 6.26 Å². The van der Waals surface area contributed by atoms with Crippen LogP contribution in [0.1, 0.15) is 37.1 Å². The molecule has 114 valence electrons. The molecule has 1 N–H and O–H groups in total. The molecule has 0 saturated carbocycles. The van der Waals surface area contributed by atoms with Crippen LogP contribution >= 0.6 is 0 Å². The molecule has 5 heteroatoms. The number of furan rings is 1. The second-order valence-electron chi connectivity index (χ2n) is 5.97. The number of likely N-dealkylation sites (tertiary alicyclic amines) is 1. The molecule has 1 saturated heterocycles. The van der Waals surface area contributed by atoms with Crippen molar-refractivity contribution < 1.29 is 4.42 Å². The Morgan fingerprint density at radius 1 is 1.43 bits per heavy atom. The number of piperidine rings is 1. The van der Waals surface area contributed by atoms with E-state index in [2.05, 4.69) is 34.5 Å². The summed E-state index contributed by atoms with van der Waals surface area (Å²) in [6.45, 7) is 5.39. The lowest BCUT2D eigenvalue weighted by molar-refractivity contribution is 0.174. The molecule has 0 spiro atoms. The van der Waals surface area contributed by atoms with Gasteiger partial charge in [-0.1, -0.05) is 0 Å². The molecular formula is C16H24N4O. The molecule has 0 bridgehead atoms. The van der Waals surface area contributed by atoms with Crippen molar-refractivity contribution in [3.8, 4) is 0 Å². The zero-order valence-corrected chi connectivity index (χ0v) is 12.8. The summed E-state index contributed by atoms with van der Waals surface area (Å²) >= 11 is 0. The quantitative estimate of drug-likeness (QED) is 0.917. The first-order chi connectivity index (χ1) is 10.2. The Labute approximate surface area is 125 Å². The van der Waals surface area contributed by atoms with Crippen LogP contribution in [0.5, 0.6) is 0 Å². The van der Waals surface area contributed by atoms with Crippen LogP contribution in [0.4, 0.5) is 0 Å². The SMILES string of the molecule is CC(NC1CCN(Cc2ccco2)CC1)c1cnn(C)c1. The minimum absolute atomic E-state index is 0.361. The van der Waals surface area contributed by atoms with Crippen LogP contribution in [-0.2, 0) is 13.6 Å². The first-order valence-electron chi connectivity index (χ1n) is 7.70. The fourth-order valence-electron chi connectivity index (χ4n) is 2.99. The molecule has 0 aromatic carbocycles. The van der Waals surface area contributed by atoms with Crippen molar-refractivity contribution in [2.75, 3.05) is 13.1 Å². The first-order valence-corrected chi connectivity index (χ1v) is 7.70. The van der Waals surface area contributed by atoms with E-state index in [0.29, 0.717) is 12.1 Å². The highest BCUT2D eigenvalue weighted by atomic mass is 16.3. The predicted molar refractivity (Wildman–Crippen MR) is 81.8 cm³/mol. The van der Waals surface area contributed by atoms with E-state index in [1.165, 1.54) is 18.4 Å². The van der Waals surface area contributed by atoms with Crippen LogP contribution in [0.3, 0.4) is 0 Å². The lowest BCUT2D eigenvalue weighted by Gasteiger charge is -2.33. The summed E-state index contributed by atoms with van der Waals surface area (Å²) in [5.41, 5.74) is 1.26. The average molecular weight is 288 g/mol. The molecule has 1 atom stereocenters. The molecule has 0 aliphatic carbocycles. The van der Waals surface area contributed by atoms with Gasteiger partial charge in [0.1, 0.15) is 5.76 Å². The Bertz CT molecular complexity index is 540. The Morgan fingerprint density at radius 3 is 2.86 bits per heavy atom. The van der Waals surface area contributed by atoms with Crippen LogP contribution in [0.2, 0.25) is 0 Å². The topological polar surface area (TPSA) is 46.2 Å². The first kappa shape index (κ1) is 14.4. The van der Waals surface area contributed by atoms with Gasteiger partial charge in [-0.05, 0) is 31.9 Å². The summed E-state index contributed by atoms with van der Waals surface area (Å²) in [7, 11) is 1.96. The number of hydrogen-bond donors (Lipinski definition) is 1. The summed E-state index contributed by atoms with van der Waals surface area (Å²) in [4.78, 5) is 2.46. The normalized spacial score (nSPS) is 19.0. The third-order valence-corrected chi connectivity index (χ3v) is 4.26. The van der Waals surface area contributed by atoms with Gasteiger partial charge >= 0.3 is 0 Å². The minimum Gasteiger partial charge on any atom is -0.468 e. The van der Waals surface area contributed by atoms with Crippen molar-refractivity contribution in [1.82, 2.24) is 20.0 Å². The molecule has 3 rings (SSSR count). The number of aromatic nitrogens is 2. The van der Waals surface area contributed by atoms with Crippen LogP contribution in [-0.4, -0.2) is 33.8 Å². The zero-order chi connectivity index (χ0) is 14.7. The summed E-state index contributed by atoms with van der Waals surface area (Å²) in [5.74, 6) is 1.06. The summed E-state index contributed by atoms with van der Waals surface area (Å²) < 4.78 is 7.28. The molecule has 0 amide bonds. The number of nitrogens with one attached hydrogen (secondary N) is 1. The molecule has 2 aromatic heterocycles. The molecule has 1 unspecified atom stereocenters. The van der Waals surface area contributed by atoms with Gasteiger partial charge < -0.3 is 9.73 Å². The lowest BCUT2D eigenvalue weighted by Crippen LogP contribution is -2.42. The summed E-state index contributed by atoms with van der Waals surface area (Å²) in [6, 6.07) is 4.96. The van der Waals surface area contributed by atoms with Gasteiger partial charge in [0.15, 0.2) is 0 Å². The Kier molecular flexibility index (Phi) is 4.41. The van der Waals surface area contributed by atoms with Crippen LogP contribution in [0, 0.1) is 0 Å². The second-order valence-corrected chi connectivity index (χ2v) is 5.97. The van der Waals surface area contributed by atoms with Gasteiger partial charge in [-0.15, -0.1) is 0 Å². The van der Waals surface area contributed by atoms with Gasteiger partial charge in [0, 0.05) is 44.0 Å². The van der Waals surface area contributed by atoms with E-state index in [4.69, 9.17) is 4.42 Å². The zero-order valence-electron chi connectivity index (χ0n) is 12.8. The third-order valence-electron chi connectivity index (χ3n) is 4.26. The minimum atomic E-state index is 0.361. The third kappa shape index (κ3) is 3.74. The molecule has 21 heavy (non-hydrogen) atoms. The van der Waals surface area contributed by atoms with Gasteiger partial charge in [0.05, 0.1) is 19.0 Å². The van der Waals surface area contributed by atoms with Gasteiger partial charge in [-0.3, -0.25) is 9.58 Å². The van der Waals surface area contributed by atoms with Crippen molar-refractivity contribution in [2.24, 2.45) is 7.05 Å². The lowest BCUT2D eigenvalue weighted by atomic mass is 10.0. The monoisotopic (exact) mass is 288 g/mol. The van der Waals surface area contributed by atoms with E-state index in [9.17, 15) is 0 Å². The Morgan fingerprint density at radius 2 is 2.24 bits per heavy atom. The van der Waals surface area contributed by atoms with Gasteiger partial charge in [0.2, 0.25) is 0 Å². The smallest absolute Gasteiger partial charge is 0.117 e. The van der Waals surface area contributed by atoms with Crippen LogP contribution < -0.4 is 5.32 Å². The van der Waals surface area contributed by atoms with E-state index < -0.39 is 0 Å². The highest BCUT2D eigenvalue weighted by molar-refractivity contribution is 5.09. The highest BCUT2D eigenvalue weighted by Crippen LogP contribution is 2.18. The molecule has 1 aliphatic heterocycles. The maximum Gasteiger partial charge on any atom is 0.117 e. The fourth-order valence-corrected chi connectivity index (χ4v) is 2.99. The molecule has 5 nitrogen and oxygen atoms in total. The Balaban J connectivity index is 1.45. The maximum atomic E-state index is 5.42. The number of nitrogens with zero attached hydrogens (tertiary/aromatic N) is 3. The van der Waals surface area contributed by atoms with Gasteiger partial charge in [-0.2, -0.15) is 5.10 Å². The highest BCUT2D eigenvalue weighted by Gasteiger charge is 2.21. The molecule has 1 fully saturated rings. The average Bonchev–Trinajstić information content (AvgIpc) is 3.12. The molecule has 3 heterocycles. The summed E-state index contributed by atoms with van der Waals surface area (Å²) in [5, 5.41) is 7.97. The van der Waals surface area contributed by atoms with Crippen molar-refractivity contribution in [3.05, 3.63) is 42.1 Å². The molecule has 0 radical (unpaired) electrons. The van der Waals surface area contributed by atoms with E-state index in [-0.39, 0.29) is 0 Å². The predicted octanol–water partition coefficient (Wildman–Crippen LogP) is 2.33. The van der Waals surface area contributed by atoms with Crippen molar-refractivity contribution >= 4 is 0 Å². The fraction of sp³-hybridized carbons (Fsp3) is 0.562. The van der Waals surface area contributed by atoms with Gasteiger partial charge in [-0.25, -0.2) is 0 Å². The van der Waals surface area contributed by atoms with Crippen LogP contribution in [0.25, 0.3) is 0 Å². The maximum absolute atomic E-state index is 5.42. The van der Waals surface area contributed by atoms with Crippen molar-refractivity contribution in [1.29, 1.82) is 0 Å². The van der Waals surface area contributed by atoms with E-state index in [0.717, 1.165) is 25.4 Å². The standard InChI is InChI=1S/C16H24N4O/c1-13(14-10-17-19(2)11-14)18-15-5-7-20(8-6-15)12-16-4-3-9-21-16/h3-4,9-11,13,15,18H,5-8,12H2,1-2H3. The number of hydrogen-bond acceptors (Lipinski definition) is 4. The van der Waals surface area contributed by atoms with Crippen molar-refractivity contribution in [2.45, 2.75) is 38.4 Å². The molecular weight excluding hydrogens is 264 g/mol. The molecule has 2 aromatic rings. The van der Waals surface area contributed by atoms with E-state index in [1.807, 2.05) is 24.0 Å². The number of rotatable bonds is 5.